The number of esters is 1. The van der Waals surface area contributed by atoms with Crippen LogP contribution < -0.4 is 5.73 Å². The van der Waals surface area contributed by atoms with Crippen molar-refractivity contribution in [1.82, 2.24) is 0 Å². The molecule has 0 aromatic heterocycles. The highest BCUT2D eigenvalue weighted by Gasteiger charge is 2.13. The van der Waals surface area contributed by atoms with E-state index in [2.05, 4.69) is 17.0 Å². The van der Waals surface area contributed by atoms with Gasteiger partial charge in [0.25, 0.3) is 12.2 Å². The normalized spacial score (nSPS) is 11.7. The van der Waals surface area contributed by atoms with E-state index in [-0.39, 0.29) is 0 Å². The van der Waals surface area contributed by atoms with E-state index in [1.807, 2.05) is 0 Å². The lowest BCUT2D eigenvalue weighted by Crippen LogP contribution is -2.32. The summed E-state index contributed by atoms with van der Waals surface area (Å²) in [4.78, 5) is 20.2. The SMILES string of the molecule is C=CC(=O)OC(O)C(N)=O. The molecule has 0 rings (SSSR count). The van der Waals surface area contributed by atoms with Gasteiger partial charge in [-0.05, 0) is 0 Å². The van der Waals surface area contributed by atoms with E-state index in [0.29, 0.717) is 0 Å². The number of amides is 1. The molecule has 1 unspecified atom stereocenters. The number of rotatable bonds is 3. The van der Waals surface area contributed by atoms with Crippen molar-refractivity contribution in [3.05, 3.63) is 12.7 Å². The molecule has 5 heteroatoms. The quantitative estimate of drug-likeness (QED) is 0.288. The average Bonchev–Trinajstić information content (AvgIpc) is 1.87. The Kier molecular flexibility index (Phi) is 3.13. The number of hydrogen-bond donors (Lipinski definition) is 2. The smallest absolute Gasteiger partial charge is 0.332 e. The molecule has 0 aromatic rings. The molecule has 0 saturated carbocycles. The summed E-state index contributed by atoms with van der Waals surface area (Å²) >= 11 is 0. The van der Waals surface area contributed by atoms with E-state index >= 15 is 0 Å². The van der Waals surface area contributed by atoms with Crippen molar-refractivity contribution in [2.75, 3.05) is 0 Å². The van der Waals surface area contributed by atoms with Crippen molar-refractivity contribution in [2.24, 2.45) is 5.73 Å². The first-order chi connectivity index (χ1) is 4.57. The first kappa shape index (κ1) is 8.64. The van der Waals surface area contributed by atoms with Crippen LogP contribution in [0.4, 0.5) is 0 Å². The Labute approximate surface area is 57.1 Å². The van der Waals surface area contributed by atoms with Gasteiger partial charge in [0.2, 0.25) is 0 Å². The molecule has 3 N–H and O–H groups in total. The van der Waals surface area contributed by atoms with E-state index in [1.165, 1.54) is 0 Å². The Morgan fingerprint density at radius 1 is 1.70 bits per heavy atom. The van der Waals surface area contributed by atoms with Crippen molar-refractivity contribution in [2.45, 2.75) is 6.29 Å². The fraction of sp³-hybridized carbons (Fsp3) is 0.200. The standard InChI is InChI=1S/C5H7NO4/c1-2-3(7)10-5(9)4(6)8/h2,5,9H,1H2,(H2,6,8). The largest absolute Gasteiger partial charge is 0.423 e. The van der Waals surface area contributed by atoms with Crippen LogP contribution in [0, 0.1) is 0 Å². The van der Waals surface area contributed by atoms with Gasteiger partial charge in [-0.15, -0.1) is 0 Å². The zero-order valence-electron chi connectivity index (χ0n) is 5.11. The Hall–Kier alpha value is -1.36. The Morgan fingerprint density at radius 3 is 2.50 bits per heavy atom. The van der Waals surface area contributed by atoms with Gasteiger partial charge < -0.3 is 15.6 Å². The molecule has 1 amide bonds. The predicted molar refractivity (Wildman–Crippen MR) is 31.5 cm³/mol. The second kappa shape index (κ2) is 3.62. The van der Waals surface area contributed by atoms with Crippen LogP contribution in [-0.2, 0) is 14.3 Å². The van der Waals surface area contributed by atoms with E-state index < -0.39 is 18.2 Å². The molecule has 0 radical (unpaired) electrons. The molecule has 0 spiro atoms. The van der Waals surface area contributed by atoms with Gasteiger partial charge in [-0.3, -0.25) is 4.79 Å². The lowest BCUT2D eigenvalue weighted by atomic mass is 10.6. The van der Waals surface area contributed by atoms with Gasteiger partial charge >= 0.3 is 5.97 Å². The molecule has 0 fully saturated rings. The number of carbonyl (C=O) groups is 2. The van der Waals surface area contributed by atoms with E-state index in [1.54, 1.807) is 0 Å². The maximum atomic E-state index is 10.2. The minimum Gasteiger partial charge on any atom is -0.423 e. The summed E-state index contributed by atoms with van der Waals surface area (Å²) in [5.74, 6) is -2.01. The van der Waals surface area contributed by atoms with Crippen LogP contribution >= 0.6 is 0 Å². The van der Waals surface area contributed by atoms with Gasteiger partial charge in [0.15, 0.2) is 0 Å². The second-order valence-electron chi connectivity index (χ2n) is 1.40. The van der Waals surface area contributed by atoms with Crippen LogP contribution in [0.25, 0.3) is 0 Å². The highest BCUT2D eigenvalue weighted by Crippen LogP contribution is 1.86. The molecule has 0 saturated heterocycles. The van der Waals surface area contributed by atoms with Crippen LogP contribution in [0.5, 0.6) is 0 Å². The van der Waals surface area contributed by atoms with Gasteiger partial charge in [0.05, 0.1) is 0 Å². The number of aliphatic hydroxyl groups excluding tert-OH is 1. The van der Waals surface area contributed by atoms with E-state index in [4.69, 9.17) is 5.11 Å². The zero-order valence-corrected chi connectivity index (χ0v) is 5.11. The third-order valence-electron chi connectivity index (χ3n) is 0.638. The highest BCUT2D eigenvalue weighted by atomic mass is 16.6. The Balaban J connectivity index is 3.79. The third kappa shape index (κ3) is 2.83. The topological polar surface area (TPSA) is 89.6 Å². The second-order valence-corrected chi connectivity index (χ2v) is 1.40. The van der Waals surface area contributed by atoms with Crippen LogP contribution in [0.1, 0.15) is 0 Å². The number of hydrogen-bond acceptors (Lipinski definition) is 4. The molecular weight excluding hydrogens is 138 g/mol. The number of nitrogens with two attached hydrogens (primary N) is 1. The third-order valence-corrected chi connectivity index (χ3v) is 0.638. The van der Waals surface area contributed by atoms with Crippen molar-refractivity contribution in [3.63, 3.8) is 0 Å². The number of carbonyl (C=O) groups excluding carboxylic acids is 2. The lowest BCUT2D eigenvalue weighted by Gasteiger charge is -2.04. The summed E-state index contributed by atoms with van der Waals surface area (Å²) in [7, 11) is 0. The van der Waals surface area contributed by atoms with Gasteiger partial charge in [0.1, 0.15) is 0 Å². The summed E-state index contributed by atoms with van der Waals surface area (Å²) in [6.45, 7) is 3.04. The molecule has 5 nitrogen and oxygen atoms in total. The summed E-state index contributed by atoms with van der Waals surface area (Å²) in [5.41, 5.74) is 4.54. The van der Waals surface area contributed by atoms with Gasteiger partial charge in [-0.1, -0.05) is 6.58 Å². The molecule has 0 aliphatic carbocycles. The van der Waals surface area contributed by atoms with Crippen LogP contribution in [0.2, 0.25) is 0 Å². The van der Waals surface area contributed by atoms with Crippen LogP contribution in [0.3, 0.4) is 0 Å². The molecule has 56 valence electrons. The molecule has 10 heavy (non-hydrogen) atoms. The fourth-order valence-electron chi connectivity index (χ4n) is 0.216. The number of aliphatic hydroxyl groups is 1. The van der Waals surface area contributed by atoms with Crippen LogP contribution in [-0.4, -0.2) is 23.3 Å². The number of ether oxygens (including phenoxy) is 1. The monoisotopic (exact) mass is 145 g/mol. The molecule has 0 aliphatic rings. The molecule has 0 bridgehead atoms. The van der Waals surface area contributed by atoms with Gasteiger partial charge in [0, 0.05) is 6.08 Å². The highest BCUT2D eigenvalue weighted by molar-refractivity contribution is 5.85. The average molecular weight is 145 g/mol. The molecule has 0 aliphatic heterocycles. The van der Waals surface area contributed by atoms with E-state index in [0.717, 1.165) is 6.08 Å². The first-order valence-corrected chi connectivity index (χ1v) is 2.38. The Bertz CT molecular complexity index is 165. The lowest BCUT2D eigenvalue weighted by molar-refractivity contribution is -0.170. The van der Waals surface area contributed by atoms with Crippen molar-refractivity contribution < 1.29 is 19.4 Å². The predicted octanol–water partition coefficient (Wildman–Crippen LogP) is -1.48. The van der Waals surface area contributed by atoms with Crippen molar-refractivity contribution in [3.8, 4) is 0 Å². The maximum Gasteiger partial charge on any atom is 0.332 e. The summed E-state index contributed by atoms with van der Waals surface area (Å²) in [5, 5.41) is 8.46. The van der Waals surface area contributed by atoms with E-state index in [9.17, 15) is 9.59 Å². The minimum absolute atomic E-state index is 0.812. The Morgan fingerprint density at radius 2 is 2.20 bits per heavy atom. The van der Waals surface area contributed by atoms with Crippen LogP contribution in [0.15, 0.2) is 12.7 Å². The summed E-state index contributed by atoms with van der Waals surface area (Å²) in [6.07, 6.45) is -1.07. The van der Waals surface area contributed by atoms with Gasteiger partial charge in [-0.2, -0.15) is 0 Å². The molecule has 0 heterocycles. The van der Waals surface area contributed by atoms with Crippen molar-refractivity contribution >= 4 is 11.9 Å². The molecular formula is C5H7NO4. The first-order valence-electron chi connectivity index (χ1n) is 2.38. The fourth-order valence-corrected chi connectivity index (χ4v) is 0.216. The van der Waals surface area contributed by atoms with Crippen molar-refractivity contribution in [1.29, 1.82) is 0 Å². The zero-order chi connectivity index (χ0) is 8.15. The molecule has 1 atom stereocenters. The summed E-state index contributed by atoms with van der Waals surface area (Å²) < 4.78 is 3.98. The van der Waals surface area contributed by atoms with Gasteiger partial charge in [-0.25, -0.2) is 4.79 Å². The number of primary amides is 1. The maximum absolute atomic E-state index is 10.2. The minimum atomic E-state index is -1.88. The molecule has 0 aromatic carbocycles. The summed E-state index contributed by atoms with van der Waals surface area (Å²) in [6, 6.07) is 0.